The van der Waals surface area contributed by atoms with Gasteiger partial charge in [0.1, 0.15) is 0 Å². The molecule has 3 unspecified atom stereocenters. The molecule has 2 fully saturated rings. The van der Waals surface area contributed by atoms with Gasteiger partial charge in [0.25, 0.3) is 0 Å². The summed E-state index contributed by atoms with van der Waals surface area (Å²) in [6, 6.07) is 0. The maximum Gasteiger partial charge on any atom is 0.234 e. The molecule has 2 aliphatic rings. The van der Waals surface area contributed by atoms with E-state index in [4.69, 9.17) is 14.0 Å². The SMILES string of the molecule is OC1CCOCC1c1nc(C2CCCOC2)no1. The Bertz CT molecular complexity index is 389. The fraction of sp³-hybridized carbons (Fsp3) is 0.833. The number of rotatable bonds is 2. The number of aromatic nitrogens is 2. The number of nitrogens with zero attached hydrogens (tertiary/aromatic N) is 2. The molecule has 0 aromatic carbocycles. The summed E-state index contributed by atoms with van der Waals surface area (Å²) < 4.78 is 16.0. The molecule has 1 N–H and O–H groups in total. The first-order chi connectivity index (χ1) is 8.84. The van der Waals surface area contributed by atoms with Crippen LogP contribution in [0.1, 0.15) is 42.8 Å². The Morgan fingerprint density at radius 1 is 1.11 bits per heavy atom. The predicted molar refractivity (Wildman–Crippen MR) is 61.3 cm³/mol. The third-order valence-corrected chi connectivity index (χ3v) is 3.62. The Labute approximate surface area is 105 Å². The Hall–Kier alpha value is -0.980. The summed E-state index contributed by atoms with van der Waals surface area (Å²) in [7, 11) is 0. The van der Waals surface area contributed by atoms with E-state index >= 15 is 0 Å². The molecule has 3 heterocycles. The zero-order valence-corrected chi connectivity index (χ0v) is 10.2. The second-order valence-electron chi connectivity index (χ2n) is 4.94. The number of hydrogen-bond donors (Lipinski definition) is 1. The van der Waals surface area contributed by atoms with E-state index in [2.05, 4.69) is 10.1 Å². The molecule has 2 saturated heterocycles. The molecule has 0 radical (unpaired) electrons. The quantitative estimate of drug-likeness (QED) is 0.842. The number of hydrogen-bond acceptors (Lipinski definition) is 6. The monoisotopic (exact) mass is 254 g/mol. The van der Waals surface area contributed by atoms with Crippen LogP contribution >= 0.6 is 0 Å². The van der Waals surface area contributed by atoms with Crippen LogP contribution in [0, 0.1) is 0 Å². The normalized spacial score (nSPS) is 33.5. The van der Waals surface area contributed by atoms with Crippen LogP contribution in [0.2, 0.25) is 0 Å². The second-order valence-corrected chi connectivity index (χ2v) is 4.94. The van der Waals surface area contributed by atoms with Gasteiger partial charge in [0, 0.05) is 19.1 Å². The van der Waals surface area contributed by atoms with E-state index in [1.54, 1.807) is 0 Å². The molecule has 0 bridgehead atoms. The van der Waals surface area contributed by atoms with Gasteiger partial charge in [-0.1, -0.05) is 5.16 Å². The highest BCUT2D eigenvalue weighted by Gasteiger charge is 2.31. The third kappa shape index (κ3) is 2.41. The maximum absolute atomic E-state index is 9.91. The van der Waals surface area contributed by atoms with Gasteiger partial charge in [-0.25, -0.2) is 0 Å². The first-order valence-electron chi connectivity index (χ1n) is 6.51. The summed E-state index contributed by atoms with van der Waals surface area (Å²) in [5.74, 6) is 1.22. The standard InChI is InChI=1S/C12H18N2O4/c15-10-3-5-17-7-9(10)12-13-11(14-18-12)8-2-1-4-16-6-8/h8-10,15H,1-7H2. The molecular weight excluding hydrogens is 236 g/mol. The fourth-order valence-electron chi connectivity index (χ4n) is 2.47. The van der Waals surface area contributed by atoms with Crippen LogP contribution in [0.15, 0.2) is 4.52 Å². The van der Waals surface area contributed by atoms with Crippen LogP contribution < -0.4 is 0 Å². The lowest BCUT2D eigenvalue weighted by atomic mass is 9.98. The molecule has 3 atom stereocenters. The van der Waals surface area contributed by atoms with Crippen molar-refractivity contribution in [1.82, 2.24) is 10.1 Å². The van der Waals surface area contributed by atoms with Gasteiger partial charge in [-0.3, -0.25) is 0 Å². The minimum atomic E-state index is -0.449. The minimum absolute atomic E-state index is 0.190. The number of ether oxygens (including phenoxy) is 2. The summed E-state index contributed by atoms with van der Waals surface area (Å²) in [5.41, 5.74) is 0. The highest BCUT2D eigenvalue weighted by molar-refractivity contribution is 5.02. The van der Waals surface area contributed by atoms with Crippen LogP contribution in [0.3, 0.4) is 0 Å². The van der Waals surface area contributed by atoms with Crippen molar-refractivity contribution in [2.45, 2.75) is 37.2 Å². The molecule has 100 valence electrons. The van der Waals surface area contributed by atoms with Crippen molar-refractivity contribution in [1.29, 1.82) is 0 Å². The van der Waals surface area contributed by atoms with Gasteiger partial charge in [0.15, 0.2) is 5.82 Å². The lowest BCUT2D eigenvalue weighted by molar-refractivity contribution is -0.0149. The summed E-state index contributed by atoms with van der Waals surface area (Å²) in [4.78, 5) is 4.41. The van der Waals surface area contributed by atoms with Gasteiger partial charge in [-0.05, 0) is 19.3 Å². The van der Waals surface area contributed by atoms with Crippen LogP contribution in [-0.2, 0) is 9.47 Å². The predicted octanol–water partition coefficient (Wildman–Crippen LogP) is 0.828. The van der Waals surface area contributed by atoms with Gasteiger partial charge in [-0.2, -0.15) is 4.98 Å². The molecule has 3 rings (SSSR count). The molecule has 1 aromatic rings. The summed E-state index contributed by atoms with van der Waals surface area (Å²) >= 11 is 0. The average Bonchev–Trinajstić information content (AvgIpc) is 2.90. The van der Waals surface area contributed by atoms with Crippen LogP contribution in [-0.4, -0.2) is 47.8 Å². The third-order valence-electron chi connectivity index (χ3n) is 3.62. The van der Waals surface area contributed by atoms with Crippen LogP contribution in [0.5, 0.6) is 0 Å². The Morgan fingerprint density at radius 2 is 2.00 bits per heavy atom. The number of aliphatic hydroxyl groups is 1. The molecule has 0 spiro atoms. The Balaban J connectivity index is 1.71. The van der Waals surface area contributed by atoms with Gasteiger partial charge in [0.2, 0.25) is 5.89 Å². The van der Waals surface area contributed by atoms with Crippen LogP contribution in [0.25, 0.3) is 0 Å². The van der Waals surface area contributed by atoms with E-state index in [-0.39, 0.29) is 11.8 Å². The summed E-state index contributed by atoms with van der Waals surface area (Å²) in [5, 5.41) is 13.9. The molecule has 0 amide bonds. The van der Waals surface area contributed by atoms with E-state index in [9.17, 15) is 5.11 Å². The largest absolute Gasteiger partial charge is 0.392 e. The molecular formula is C12H18N2O4. The maximum atomic E-state index is 9.91. The Kier molecular flexibility index (Phi) is 3.58. The molecule has 1 aromatic heterocycles. The van der Waals surface area contributed by atoms with Crippen molar-refractivity contribution < 1.29 is 19.1 Å². The fourth-order valence-corrected chi connectivity index (χ4v) is 2.47. The van der Waals surface area contributed by atoms with Gasteiger partial charge < -0.3 is 19.1 Å². The van der Waals surface area contributed by atoms with Crippen molar-refractivity contribution in [2.75, 3.05) is 26.4 Å². The Morgan fingerprint density at radius 3 is 2.78 bits per heavy atom. The van der Waals surface area contributed by atoms with E-state index in [1.807, 2.05) is 0 Å². The van der Waals surface area contributed by atoms with Crippen molar-refractivity contribution >= 4 is 0 Å². The van der Waals surface area contributed by atoms with E-state index in [1.165, 1.54) is 0 Å². The topological polar surface area (TPSA) is 77.6 Å². The molecule has 6 nitrogen and oxygen atoms in total. The lowest BCUT2D eigenvalue weighted by Crippen LogP contribution is -2.30. The molecule has 2 aliphatic heterocycles. The molecule has 6 heteroatoms. The average molecular weight is 254 g/mol. The van der Waals surface area contributed by atoms with Gasteiger partial charge >= 0.3 is 0 Å². The van der Waals surface area contributed by atoms with Crippen molar-refractivity contribution in [2.24, 2.45) is 0 Å². The smallest absolute Gasteiger partial charge is 0.234 e. The van der Waals surface area contributed by atoms with Crippen LogP contribution in [0.4, 0.5) is 0 Å². The van der Waals surface area contributed by atoms with Crippen molar-refractivity contribution in [3.05, 3.63) is 11.7 Å². The minimum Gasteiger partial charge on any atom is -0.392 e. The van der Waals surface area contributed by atoms with Gasteiger partial charge in [-0.15, -0.1) is 0 Å². The highest BCUT2D eigenvalue weighted by Crippen LogP contribution is 2.28. The van der Waals surface area contributed by atoms with E-state index < -0.39 is 6.10 Å². The number of aliphatic hydroxyl groups excluding tert-OH is 1. The zero-order chi connectivity index (χ0) is 12.4. The molecule has 0 aliphatic carbocycles. The zero-order valence-electron chi connectivity index (χ0n) is 10.2. The molecule has 18 heavy (non-hydrogen) atoms. The first-order valence-corrected chi connectivity index (χ1v) is 6.51. The summed E-state index contributed by atoms with van der Waals surface area (Å²) in [6.45, 7) is 2.51. The van der Waals surface area contributed by atoms with E-state index in [0.29, 0.717) is 38.0 Å². The second kappa shape index (κ2) is 5.34. The first kappa shape index (κ1) is 12.1. The van der Waals surface area contributed by atoms with Gasteiger partial charge in [0.05, 0.1) is 25.2 Å². The van der Waals surface area contributed by atoms with Crippen molar-refractivity contribution in [3.8, 4) is 0 Å². The lowest BCUT2D eigenvalue weighted by Gasteiger charge is -2.24. The van der Waals surface area contributed by atoms with Crippen molar-refractivity contribution in [3.63, 3.8) is 0 Å². The molecule has 0 saturated carbocycles. The highest BCUT2D eigenvalue weighted by atomic mass is 16.5. The summed E-state index contributed by atoms with van der Waals surface area (Å²) in [6.07, 6.45) is 2.23. The van der Waals surface area contributed by atoms with E-state index in [0.717, 1.165) is 19.4 Å².